The molecule has 0 fully saturated rings. The van der Waals surface area contributed by atoms with Crippen molar-refractivity contribution in [3.63, 3.8) is 0 Å². The van der Waals surface area contributed by atoms with E-state index in [2.05, 4.69) is 49.3 Å². The average Bonchev–Trinajstić information content (AvgIpc) is 2.93. The average molecular weight is 258 g/mol. The minimum absolute atomic E-state index is 0.167. The molecule has 0 saturated carbocycles. The van der Waals surface area contributed by atoms with E-state index in [9.17, 15) is 0 Å². The number of hydrogen-bond donors (Lipinski definition) is 1. The van der Waals surface area contributed by atoms with Gasteiger partial charge in [-0.2, -0.15) is 0 Å². The third-order valence-corrected chi connectivity index (χ3v) is 3.42. The van der Waals surface area contributed by atoms with Gasteiger partial charge in [0.15, 0.2) is 0 Å². The maximum Gasteiger partial charge on any atom is 0.121 e. The van der Waals surface area contributed by atoms with Crippen molar-refractivity contribution in [2.75, 3.05) is 6.54 Å². The topological polar surface area (TPSA) is 38.1 Å². The van der Waals surface area contributed by atoms with E-state index in [1.807, 2.05) is 18.3 Å². The lowest BCUT2D eigenvalue weighted by Gasteiger charge is -2.22. The van der Waals surface area contributed by atoms with E-state index in [4.69, 9.17) is 4.42 Å². The van der Waals surface area contributed by atoms with Crippen LogP contribution in [0.1, 0.15) is 49.9 Å². The van der Waals surface area contributed by atoms with Crippen molar-refractivity contribution in [1.29, 1.82) is 0 Å². The monoisotopic (exact) mass is 258 g/mol. The van der Waals surface area contributed by atoms with Crippen LogP contribution in [0.2, 0.25) is 0 Å². The second kappa shape index (κ2) is 6.53. The molecule has 0 aliphatic carbocycles. The highest BCUT2D eigenvalue weighted by atomic mass is 16.3. The minimum atomic E-state index is 0.167. The molecule has 3 nitrogen and oxygen atoms in total. The van der Waals surface area contributed by atoms with Crippen LogP contribution in [-0.2, 0) is 6.42 Å². The fraction of sp³-hybridized carbons (Fsp3) is 0.438. The van der Waals surface area contributed by atoms with Crippen molar-refractivity contribution in [2.45, 2.75) is 39.2 Å². The zero-order valence-corrected chi connectivity index (χ0v) is 11.9. The van der Waals surface area contributed by atoms with Gasteiger partial charge in [0, 0.05) is 24.2 Å². The number of nitrogens with zero attached hydrogens (tertiary/aromatic N) is 1. The predicted molar refractivity (Wildman–Crippen MR) is 77.2 cm³/mol. The van der Waals surface area contributed by atoms with Crippen molar-refractivity contribution >= 4 is 0 Å². The van der Waals surface area contributed by atoms with E-state index in [1.165, 1.54) is 0 Å². The molecule has 0 bridgehead atoms. The zero-order valence-electron chi connectivity index (χ0n) is 11.9. The summed E-state index contributed by atoms with van der Waals surface area (Å²) in [5.41, 5.74) is 1.09. The fourth-order valence-electron chi connectivity index (χ4n) is 2.31. The Morgan fingerprint density at radius 3 is 2.63 bits per heavy atom. The van der Waals surface area contributed by atoms with E-state index < -0.39 is 0 Å². The SMILES string of the molecule is CCNC(c1ccc(CC)o1)C(C)c1ccccn1. The summed E-state index contributed by atoms with van der Waals surface area (Å²) >= 11 is 0. The Morgan fingerprint density at radius 2 is 2.05 bits per heavy atom. The summed E-state index contributed by atoms with van der Waals surface area (Å²) < 4.78 is 5.90. The fourth-order valence-corrected chi connectivity index (χ4v) is 2.31. The van der Waals surface area contributed by atoms with Crippen LogP contribution in [0.4, 0.5) is 0 Å². The molecular weight excluding hydrogens is 236 g/mol. The number of rotatable bonds is 6. The molecule has 3 heteroatoms. The van der Waals surface area contributed by atoms with Gasteiger partial charge in [0.25, 0.3) is 0 Å². The molecule has 102 valence electrons. The number of furan rings is 1. The van der Waals surface area contributed by atoms with Crippen LogP contribution in [-0.4, -0.2) is 11.5 Å². The Bertz CT molecular complexity index is 492. The van der Waals surface area contributed by atoms with Crippen LogP contribution < -0.4 is 5.32 Å². The molecule has 0 spiro atoms. The van der Waals surface area contributed by atoms with Gasteiger partial charge in [0.2, 0.25) is 0 Å². The summed E-state index contributed by atoms with van der Waals surface area (Å²) in [6.07, 6.45) is 2.77. The van der Waals surface area contributed by atoms with Crippen LogP contribution in [0.25, 0.3) is 0 Å². The minimum Gasteiger partial charge on any atom is -0.464 e. The predicted octanol–water partition coefficient (Wildman–Crippen LogP) is 3.69. The summed E-state index contributed by atoms with van der Waals surface area (Å²) in [5.74, 6) is 2.31. The van der Waals surface area contributed by atoms with E-state index in [0.717, 1.165) is 30.2 Å². The number of aromatic nitrogens is 1. The first-order chi connectivity index (χ1) is 9.26. The Hall–Kier alpha value is -1.61. The standard InChI is InChI=1S/C16H22N2O/c1-4-13-9-10-15(19-13)16(17-5-2)12(3)14-8-6-7-11-18-14/h6-12,16-17H,4-5H2,1-3H3. The summed E-state index contributed by atoms with van der Waals surface area (Å²) in [6.45, 7) is 7.31. The molecule has 0 amide bonds. The van der Waals surface area contributed by atoms with Gasteiger partial charge in [-0.25, -0.2) is 0 Å². The van der Waals surface area contributed by atoms with Crippen molar-refractivity contribution in [2.24, 2.45) is 0 Å². The molecule has 0 radical (unpaired) electrons. The molecule has 2 aromatic heterocycles. The van der Waals surface area contributed by atoms with Gasteiger partial charge < -0.3 is 9.73 Å². The van der Waals surface area contributed by atoms with Gasteiger partial charge in [0.1, 0.15) is 11.5 Å². The third kappa shape index (κ3) is 3.24. The normalized spacial score (nSPS) is 14.3. The second-order valence-corrected chi connectivity index (χ2v) is 4.74. The van der Waals surface area contributed by atoms with Crippen molar-refractivity contribution < 1.29 is 4.42 Å². The van der Waals surface area contributed by atoms with Crippen LogP contribution in [0, 0.1) is 0 Å². The van der Waals surface area contributed by atoms with Gasteiger partial charge in [-0.1, -0.05) is 26.8 Å². The number of nitrogens with one attached hydrogen (secondary N) is 1. The maximum atomic E-state index is 5.90. The Labute approximate surface area is 115 Å². The van der Waals surface area contributed by atoms with Gasteiger partial charge in [-0.3, -0.25) is 4.98 Å². The first-order valence-corrected chi connectivity index (χ1v) is 6.99. The van der Waals surface area contributed by atoms with E-state index >= 15 is 0 Å². The van der Waals surface area contributed by atoms with E-state index in [1.54, 1.807) is 0 Å². The van der Waals surface area contributed by atoms with Crippen LogP contribution >= 0.6 is 0 Å². The van der Waals surface area contributed by atoms with E-state index in [0.29, 0.717) is 0 Å². The molecule has 1 N–H and O–H groups in total. The Balaban J connectivity index is 2.24. The highest BCUT2D eigenvalue weighted by Gasteiger charge is 2.23. The van der Waals surface area contributed by atoms with Gasteiger partial charge >= 0.3 is 0 Å². The smallest absolute Gasteiger partial charge is 0.121 e. The van der Waals surface area contributed by atoms with Crippen LogP contribution in [0.15, 0.2) is 40.9 Å². The van der Waals surface area contributed by atoms with Crippen molar-refractivity contribution in [3.05, 3.63) is 53.7 Å². The maximum absolute atomic E-state index is 5.90. The summed E-state index contributed by atoms with van der Waals surface area (Å²) in [5, 5.41) is 3.50. The van der Waals surface area contributed by atoms with Crippen molar-refractivity contribution in [1.82, 2.24) is 10.3 Å². The Morgan fingerprint density at radius 1 is 1.21 bits per heavy atom. The molecule has 0 aromatic carbocycles. The highest BCUT2D eigenvalue weighted by molar-refractivity contribution is 5.18. The number of aryl methyl sites for hydroxylation is 1. The molecule has 0 saturated heterocycles. The molecule has 2 aromatic rings. The third-order valence-electron chi connectivity index (χ3n) is 3.42. The van der Waals surface area contributed by atoms with Crippen molar-refractivity contribution in [3.8, 4) is 0 Å². The molecular formula is C16H22N2O. The molecule has 2 rings (SSSR count). The summed E-state index contributed by atoms with van der Waals surface area (Å²) in [7, 11) is 0. The molecule has 2 heterocycles. The van der Waals surface area contributed by atoms with Gasteiger partial charge in [-0.15, -0.1) is 0 Å². The molecule has 0 aliphatic heterocycles. The summed E-state index contributed by atoms with van der Waals surface area (Å²) in [6, 6.07) is 10.3. The van der Waals surface area contributed by atoms with Crippen LogP contribution in [0.3, 0.4) is 0 Å². The Kier molecular flexibility index (Phi) is 4.74. The molecule has 2 atom stereocenters. The highest BCUT2D eigenvalue weighted by Crippen LogP contribution is 2.30. The lowest BCUT2D eigenvalue weighted by molar-refractivity contribution is 0.365. The van der Waals surface area contributed by atoms with Gasteiger partial charge in [0.05, 0.1) is 6.04 Å². The summed E-state index contributed by atoms with van der Waals surface area (Å²) in [4.78, 5) is 4.45. The first kappa shape index (κ1) is 13.8. The lowest BCUT2D eigenvalue weighted by atomic mass is 9.95. The second-order valence-electron chi connectivity index (χ2n) is 4.74. The molecule has 2 unspecified atom stereocenters. The van der Waals surface area contributed by atoms with Crippen LogP contribution in [0.5, 0.6) is 0 Å². The largest absolute Gasteiger partial charge is 0.464 e. The van der Waals surface area contributed by atoms with E-state index in [-0.39, 0.29) is 12.0 Å². The molecule has 19 heavy (non-hydrogen) atoms. The zero-order chi connectivity index (χ0) is 13.7. The number of hydrogen-bond acceptors (Lipinski definition) is 3. The first-order valence-electron chi connectivity index (χ1n) is 6.99. The quantitative estimate of drug-likeness (QED) is 0.858. The van der Waals surface area contributed by atoms with Gasteiger partial charge in [-0.05, 0) is 30.8 Å². The molecule has 0 aliphatic rings. The lowest BCUT2D eigenvalue weighted by Crippen LogP contribution is -2.25. The number of likely N-dealkylation sites (N-methyl/N-ethyl adjacent to an activating group) is 1. The number of pyridine rings is 1.